The van der Waals surface area contributed by atoms with E-state index in [2.05, 4.69) is 0 Å². The van der Waals surface area contributed by atoms with Gasteiger partial charge in [0.2, 0.25) is 0 Å². The average molecular weight is 309 g/mol. The van der Waals surface area contributed by atoms with Crippen LogP contribution in [0.2, 0.25) is 0 Å². The van der Waals surface area contributed by atoms with Crippen LogP contribution in [0.5, 0.6) is 0 Å². The maximum atomic E-state index is 10.9. The van der Waals surface area contributed by atoms with E-state index in [0.717, 1.165) is 15.3 Å². The number of aromatic carboxylic acids is 1. The Morgan fingerprint density at radius 2 is 2.05 bits per heavy atom. The summed E-state index contributed by atoms with van der Waals surface area (Å²) in [5, 5.41) is 19.5. The number of carboxylic acids is 1. The molecule has 7 heteroatoms. The molecule has 2 aromatic rings. The second-order valence-electron chi connectivity index (χ2n) is 4.04. The summed E-state index contributed by atoms with van der Waals surface area (Å²) in [6.07, 6.45) is 0. The van der Waals surface area contributed by atoms with Crippen LogP contribution < -0.4 is 0 Å². The lowest BCUT2D eigenvalue weighted by molar-refractivity contribution is -0.384. The van der Waals surface area contributed by atoms with E-state index in [-0.39, 0.29) is 5.69 Å². The first-order valence-corrected chi connectivity index (χ1v) is 7.47. The van der Waals surface area contributed by atoms with Gasteiger partial charge in [-0.15, -0.1) is 23.1 Å². The smallest absolute Gasteiger partial charge is 0.345 e. The Labute approximate surface area is 123 Å². The molecule has 0 atom stereocenters. The SMILES string of the molecule is Cc1sc(C(=O)O)cc1CSc1ccc([N+](=O)[O-])cc1. The normalized spacial score (nSPS) is 10.4. The van der Waals surface area contributed by atoms with Gasteiger partial charge in [0.05, 0.1) is 4.92 Å². The maximum Gasteiger partial charge on any atom is 0.345 e. The van der Waals surface area contributed by atoms with Gasteiger partial charge in [-0.25, -0.2) is 4.79 Å². The Morgan fingerprint density at radius 3 is 2.55 bits per heavy atom. The van der Waals surface area contributed by atoms with Gasteiger partial charge in [-0.05, 0) is 30.7 Å². The number of thioether (sulfide) groups is 1. The summed E-state index contributed by atoms with van der Waals surface area (Å²) < 4.78 is 0. The van der Waals surface area contributed by atoms with Crippen LogP contribution in [-0.2, 0) is 5.75 Å². The van der Waals surface area contributed by atoms with E-state index in [9.17, 15) is 14.9 Å². The maximum absolute atomic E-state index is 10.9. The van der Waals surface area contributed by atoms with Gasteiger partial charge in [-0.1, -0.05) is 0 Å². The van der Waals surface area contributed by atoms with Gasteiger partial charge >= 0.3 is 5.97 Å². The molecule has 0 unspecified atom stereocenters. The zero-order valence-corrected chi connectivity index (χ0v) is 12.2. The first kappa shape index (κ1) is 14.5. The highest BCUT2D eigenvalue weighted by Gasteiger charge is 2.11. The van der Waals surface area contributed by atoms with Gasteiger partial charge in [-0.3, -0.25) is 10.1 Å². The van der Waals surface area contributed by atoms with Crippen molar-refractivity contribution in [2.24, 2.45) is 0 Å². The van der Waals surface area contributed by atoms with E-state index in [4.69, 9.17) is 5.11 Å². The number of nitro groups is 1. The summed E-state index contributed by atoms with van der Waals surface area (Å²) >= 11 is 2.79. The fourth-order valence-corrected chi connectivity index (χ4v) is 3.52. The number of non-ortho nitro benzene ring substituents is 1. The quantitative estimate of drug-likeness (QED) is 0.514. The number of carboxylic acid groups (broad SMARTS) is 1. The van der Waals surface area contributed by atoms with Crippen molar-refractivity contribution in [2.75, 3.05) is 0 Å². The lowest BCUT2D eigenvalue weighted by atomic mass is 10.3. The second-order valence-corrected chi connectivity index (χ2v) is 6.34. The third kappa shape index (κ3) is 3.37. The molecule has 0 bridgehead atoms. The van der Waals surface area contributed by atoms with Crippen LogP contribution in [0.3, 0.4) is 0 Å². The number of thiophene rings is 1. The number of aryl methyl sites for hydroxylation is 1. The predicted octanol–water partition coefficient (Wildman–Crippen LogP) is 3.96. The zero-order chi connectivity index (χ0) is 14.7. The highest BCUT2D eigenvalue weighted by atomic mass is 32.2. The summed E-state index contributed by atoms with van der Waals surface area (Å²) in [5.74, 6) is -0.266. The van der Waals surface area contributed by atoms with E-state index in [0.29, 0.717) is 10.6 Å². The molecule has 1 N–H and O–H groups in total. The number of carbonyl (C=O) groups is 1. The summed E-state index contributed by atoms with van der Waals surface area (Å²) in [4.78, 5) is 23.2. The third-order valence-electron chi connectivity index (χ3n) is 2.67. The fourth-order valence-electron chi connectivity index (χ4n) is 1.59. The van der Waals surface area contributed by atoms with Crippen molar-refractivity contribution in [3.05, 3.63) is 55.8 Å². The van der Waals surface area contributed by atoms with Gasteiger partial charge in [0.25, 0.3) is 5.69 Å². The molecule has 0 radical (unpaired) electrons. The third-order valence-corrected chi connectivity index (χ3v) is 4.81. The molecule has 1 heterocycles. The lowest BCUT2D eigenvalue weighted by Crippen LogP contribution is -1.90. The molecule has 0 aliphatic carbocycles. The molecule has 0 aliphatic rings. The minimum absolute atomic E-state index is 0.0641. The Bertz CT molecular complexity index is 649. The van der Waals surface area contributed by atoms with Gasteiger partial charge in [-0.2, -0.15) is 0 Å². The molecule has 2 rings (SSSR count). The van der Waals surface area contributed by atoms with Crippen molar-refractivity contribution in [1.82, 2.24) is 0 Å². The Balaban J connectivity index is 2.05. The highest BCUT2D eigenvalue weighted by molar-refractivity contribution is 7.98. The minimum atomic E-state index is -0.912. The van der Waals surface area contributed by atoms with Crippen molar-refractivity contribution < 1.29 is 14.8 Å². The summed E-state index contributed by atoms with van der Waals surface area (Å²) in [5.41, 5.74) is 1.05. The number of benzene rings is 1. The molecular formula is C13H11NO4S2. The van der Waals surface area contributed by atoms with E-state index >= 15 is 0 Å². The van der Waals surface area contributed by atoms with Gasteiger partial charge in [0.15, 0.2) is 0 Å². The molecule has 1 aromatic carbocycles. The standard InChI is InChI=1S/C13H11NO4S2/c1-8-9(6-12(20-8)13(15)16)7-19-11-4-2-10(3-5-11)14(17)18/h2-6H,7H2,1H3,(H,15,16). The van der Waals surface area contributed by atoms with Crippen LogP contribution in [0.4, 0.5) is 5.69 Å². The number of rotatable bonds is 5. The van der Waals surface area contributed by atoms with Crippen LogP contribution in [0.1, 0.15) is 20.1 Å². The summed E-state index contributed by atoms with van der Waals surface area (Å²) in [6, 6.07) is 8.00. The largest absolute Gasteiger partial charge is 0.477 e. The molecular weight excluding hydrogens is 298 g/mol. The topological polar surface area (TPSA) is 80.4 Å². The van der Waals surface area contributed by atoms with E-state index in [1.54, 1.807) is 18.2 Å². The van der Waals surface area contributed by atoms with E-state index in [1.807, 2.05) is 6.92 Å². The highest BCUT2D eigenvalue weighted by Crippen LogP contribution is 2.29. The first-order chi connectivity index (χ1) is 9.47. The van der Waals surface area contributed by atoms with Crippen LogP contribution in [0.25, 0.3) is 0 Å². The number of hydrogen-bond acceptors (Lipinski definition) is 5. The summed E-state index contributed by atoms with van der Waals surface area (Å²) in [7, 11) is 0. The lowest BCUT2D eigenvalue weighted by Gasteiger charge is -2.01. The molecule has 5 nitrogen and oxygen atoms in total. The molecule has 0 fully saturated rings. The number of hydrogen-bond donors (Lipinski definition) is 1. The number of nitro benzene ring substituents is 1. The van der Waals surface area contributed by atoms with Crippen LogP contribution in [0, 0.1) is 17.0 Å². The van der Waals surface area contributed by atoms with Gasteiger partial charge < -0.3 is 5.11 Å². The zero-order valence-electron chi connectivity index (χ0n) is 10.5. The monoisotopic (exact) mass is 309 g/mol. The average Bonchev–Trinajstić information content (AvgIpc) is 2.78. The van der Waals surface area contributed by atoms with E-state index < -0.39 is 10.9 Å². The molecule has 0 saturated carbocycles. The molecule has 0 amide bonds. The summed E-state index contributed by atoms with van der Waals surface area (Å²) in [6.45, 7) is 1.89. The van der Waals surface area contributed by atoms with Crippen LogP contribution in [0.15, 0.2) is 35.2 Å². The number of nitrogens with zero attached hydrogens (tertiary/aromatic N) is 1. The molecule has 20 heavy (non-hydrogen) atoms. The van der Waals surface area contributed by atoms with Gasteiger partial charge in [0, 0.05) is 27.7 Å². The molecule has 104 valence electrons. The molecule has 0 saturated heterocycles. The Hall–Kier alpha value is -1.86. The predicted molar refractivity (Wildman–Crippen MR) is 78.7 cm³/mol. The molecule has 1 aromatic heterocycles. The second kappa shape index (κ2) is 6.06. The van der Waals surface area contributed by atoms with Gasteiger partial charge in [0.1, 0.15) is 4.88 Å². The molecule has 0 aliphatic heterocycles. The Morgan fingerprint density at radius 1 is 1.40 bits per heavy atom. The van der Waals surface area contributed by atoms with Crippen molar-refractivity contribution >= 4 is 34.8 Å². The molecule has 0 spiro atoms. The first-order valence-electron chi connectivity index (χ1n) is 5.67. The van der Waals surface area contributed by atoms with E-state index in [1.165, 1.54) is 35.2 Å². The van der Waals surface area contributed by atoms with Crippen LogP contribution in [-0.4, -0.2) is 16.0 Å². The minimum Gasteiger partial charge on any atom is -0.477 e. The van der Waals surface area contributed by atoms with Crippen molar-refractivity contribution in [3.63, 3.8) is 0 Å². The van der Waals surface area contributed by atoms with Crippen LogP contribution >= 0.6 is 23.1 Å². The van der Waals surface area contributed by atoms with Crippen molar-refractivity contribution in [3.8, 4) is 0 Å². The van der Waals surface area contributed by atoms with Crippen molar-refractivity contribution in [2.45, 2.75) is 17.6 Å². The Kier molecular flexibility index (Phi) is 4.41. The fraction of sp³-hybridized carbons (Fsp3) is 0.154. The van der Waals surface area contributed by atoms with Crippen molar-refractivity contribution in [1.29, 1.82) is 0 Å².